The molecular weight excluding hydrogens is 294 g/mol. The molecule has 1 aromatic heterocycles. The Hall–Kier alpha value is -1.72. The molecule has 104 valence electrons. The minimum atomic E-state index is -0.0681. The third-order valence-electron chi connectivity index (χ3n) is 2.56. The molecule has 2 aromatic rings. The second-order valence-electron chi connectivity index (χ2n) is 4.37. The van der Waals surface area contributed by atoms with Gasteiger partial charge in [-0.25, -0.2) is 4.98 Å². The predicted octanol–water partition coefficient (Wildman–Crippen LogP) is 3.17. The van der Waals surface area contributed by atoms with Crippen LogP contribution in [-0.4, -0.2) is 29.9 Å². The van der Waals surface area contributed by atoms with Crippen LogP contribution < -0.4 is 5.73 Å². The van der Waals surface area contributed by atoms with Crippen molar-refractivity contribution in [3.63, 3.8) is 0 Å². The molecule has 0 fully saturated rings. The van der Waals surface area contributed by atoms with Gasteiger partial charge in [0.15, 0.2) is 0 Å². The molecule has 0 bridgehead atoms. The number of benzene rings is 1. The smallest absolute Gasteiger partial charge is 0.254 e. The predicted molar refractivity (Wildman–Crippen MR) is 82.2 cm³/mol. The van der Waals surface area contributed by atoms with E-state index in [0.29, 0.717) is 16.3 Å². The van der Waals surface area contributed by atoms with Crippen LogP contribution in [0.25, 0.3) is 0 Å². The lowest BCUT2D eigenvalue weighted by Gasteiger charge is -2.14. The number of rotatable bonds is 3. The molecule has 1 heterocycles. The van der Waals surface area contributed by atoms with Crippen molar-refractivity contribution in [3.8, 4) is 0 Å². The second-order valence-corrected chi connectivity index (χ2v) is 5.87. The number of halogens is 1. The largest absolute Gasteiger partial charge is 0.399 e. The van der Waals surface area contributed by atoms with Crippen LogP contribution in [0, 0.1) is 0 Å². The average Bonchev–Trinajstić information content (AvgIpc) is 2.41. The summed E-state index contributed by atoms with van der Waals surface area (Å²) >= 11 is 7.20. The molecule has 0 aliphatic carbocycles. The molecule has 0 spiro atoms. The zero-order chi connectivity index (χ0) is 14.7. The Morgan fingerprint density at radius 3 is 2.65 bits per heavy atom. The van der Waals surface area contributed by atoms with Crippen LogP contribution >= 0.6 is 23.4 Å². The standard InChI is InChI=1S/C14H14ClN3OS/c1-18(2)14(19)11-5-4-10(16)7-12(11)20-13-6-3-9(15)8-17-13/h3-8H,16H2,1-2H3. The first-order chi connectivity index (χ1) is 9.47. The lowest BCUT2D eigenvalue weighted by molar-refractivity contribution is 0.0824. The maximum Gasteiger partial charge on any atom is 0.254 e. The Balaban J connectivity index is 2.37. The maximum absolute atomic E-state index is 12.2. The zero-order valence-corrected chi connectivity index (χ0v) is 12.7. The summed E-state index contributed by atoms with van der Waals surface area (Å²) in [6.45, 7) is 0. The number of anilines is 1. The summed E-state index contributed by atoms with van der Waals surface area (Å²) in [6, 6.07) is 8.79. The van der Waals surface area contributed by atoms with Crippen molar-refractivity contribution in [3.05, 3.63) is 47.1 Å². The van der Waals surface area contributed by atoms with E-state index in [2.05, 4.69) is 4.98 Å². The van der Waals surface area contributed by atoms with E-state index in [1.165, 1.54) is 16.7 Å². The Morgan fingerprint density at radius 2 is 2.05 bits per heavy atom. The number of amides is 1. The molecule has 6 heteroatoms. The van der Waals surface area contributed by atoms with E-state index >= 15 is 0 Å². The van der Waals surface area contributed by atoms with Crippen molar-refractivity contribution in [2.24, 2.45) is 0 Å². The normalized spacial score (nSPS) is 10.3. The molecule has 2 rings (SSSR count). The van der Waals surface area contributed by atoms with Gasteiger partial charge in [-0.2, -0.15) is 0 Å². The van der Waals surface area contributed by atoms with Gasteiger partial charge in [0.25, 0.3) is 5.91 Å². The Labute approximate surface area is 126 Å². The number of hydrogen-bond donors (Lipinski definition) is 1. The van der Waals surface area contributed by atoms with Crippen molar-refractivity contribution in [1.29, 1.82) is 0 Å². The molecule has 0 atom stereocenters. The van der Waals surface area contributed by atoms with Crippen LogP contribution in [0.2, 0.25) is 5.02 Å². The van der Waals surface area contributed by atoms with Crippen LogP contribution in [-0.2, 0) is 0 Å². The number of nitrogens with two attached hydrogens (primary N) is 1. The van der Waals surface area contributed by atoms with Crippen molar-refractivity contribution in [1.82, 2.24) is 9.88 Å². The number of aromatic nitrogens is 1. The first kappa shape index (κ1) is 14.7. The van der Waals surface area contributed by atoms with Gasteiger partial charge in [0, 0.05) is 30.9 Å². The van der Waals surface area contributed by atoms with E-state index in [9.17, 15) is 4.79 Å². The van der Waals surface area contributed by atoms with Crippen LogP contribution in [0.5, 0.6) is 0 Å². The quantitative estimate of drug-likeness (QED) is 0.885. The second kappa shape index (κ2) is 6.15. The number of nitrogens with zero attached hydrogens (tertiary/aromatic N) is 2. The molecule has 4 nitrogen and oxygen atoms in total. The highest BCUT2D eigenvalue weighted by atomic mass is 35.5. The first-order valence-corrected chi connectivity index (χ1v) is 7.07. The van der Waals surface area contributed by atoms with Gasteiger partial charge in [-0.05, 0) is 30.3 Å². The van der Waals surface area contributed by atoms with Crippen molar-refractivity contribution in [2.45, 2.75) is 9.92 Å². The number of carbonyl (C=O) groups is 1. The van der Waals surface area contributed by atoms with Crippen LogP contribution in [0.1, 0.15) is 10.4 Å². The molecule has 2 N–H and O–H groups in total. The molecule has 0 saturated carbocycles. The van der Waals surface area contributed by atoms with Crippen molar-refractivity contribution in [2.75, 3.05) is 19.8 Å². The van der Waals surface area contributed by atoms with Gasteiger partial charge in [-0.1, -0.05) is 23.4 Å². The zero-order valence-electron chi connectivity index (χ0n) is 11.1. The van der Waals surface area contributed by atoms with Gasteiger partial charge in [-0.3, -0.25) is 4.79 Å². The van der Waals surface area contributed by atoms with E-state index in [1.807, 2.05) is 0 Å². The molecule has 0 saturated heterocycles. The minimum absolute atomic E-state index is 0.0681. The summed E-state index contributed by atoms with van der Waals surface area (Å²) in [6.07, 6.45) is 1.57. The lowest BCUT2D eigenvalue weighted by atomic mass is 10.2. The van der Waals surface area contributed by atoms with Crippen LogP contribution in [0.3, 0.4) is 0 Å². The summed E-state index contributed by atoms with van der Waals surface area (Å²) in [7, 11) is 3.43. The monoisotopic (exact) mass is 307 g/mol. The Kier molecular flexibility index (Phi) is 4.52. The van der Waals surface area contributed by atoms with Gasteiger partial charge in [-0.15, -0.1) is 0 Å². The van der Waals surface area contributed by atoms with E-state index < -0.39 is 0 Å². The topological polar surface area (TPSA) is 59.2 Å². The third kappa shape index (κ3) is 3.43. The lowest BCUT2D eigenvalue weighted by Crippen LogP contribution is -2.22. The molecule has 0 radical (unpaired) electrons. The van der Waals surface area contributed by atoms with Crippen LogP contribution in [0.15, 0.2) is 46.5 Å². The fourth-order valence-electron chi connectivity index (χ4n) is 1.58. The summed E-state index contributed by atoms with van der Waals surface area (Å²) < 4.78 is 0. The minimum Gasteiger partial charge on any atom is -0.399 e. The average molecular weight is 308 g/mol. The van der Waals surface area contributed by atoms with E-state index in [-0.39, 0.29) is 5.91 Å². The fourth-order valence-corrected chi connectivity index (χ4v) is 2.62. The van der Waals surface area contributed by atoms with E-state index in [4.69, 9.17) is 17.3 Å². The van der Waals surface area contributed by atoms with E-state index in [1.54, 1.807) is 50.6 Å². The number of hydrogen-bond acceptors (Lipinski definition) is 4. The summed E-state index contributed by atoms with van der Waals surface area (Å²) in [5, 5.41) is 1.33. The van der Waals surface area contributed by atoms with E-state index in [0.717, 1.165) is 9.92 Å². The molecular formula is C14H14ClN3OS. The Morgan fingerprint density at radius 1 is 1.30 bits per heavy atom. The van der Waals surface area contributed by atoms with Gasteiger partial charge >= 0.3 is 0 Å². The molecule has 1 aromatic carbocycles. The van der Waals surface area contributed by atoms with Gasteiger partial charge in [0.2, 0.25) is 0 Å². The third-order valence-corrected chi connectivity index (χ3v) is 3.79. The number of carbonyl (C=O) groups excluding carboxylic acids is 1. The van der Waals surface area contributed by atoms with Gasteiger partial charge < -0.3 is 10.6 Å². The molecule has 20 heavy (non-hydrogen) atoms. The number of pyridine rings is 1. The maximum atomic E-state index is 12.2. The van der Waals surface area contributed by atoms with Crippen molar-refractivity contribution >= 4 is 35.0 Å². The summed E-state index contributed by atoms with van der Waals surface area (Å²) in [5.41, 5.74) is 7.01. The van der Waals surface area contributed by atoms with Crippen LogP contribution in [0.4, 0.5) is 5.69 Å². The SMILES string of the molecule is CN(C)C(=O)c1ccc(N)cc1Sc1ccc(Cl)cn1. The molecule has 0 aliphatic heterocycles. The summed E-state index contributed by atoms with van der Waals surface area (Å²) in [4.78, 5) is 18.7. The van der Waals surface area contributed by atoms with Gasteiger partial charge in [0.05, 0.1) is 10.6 Å². The molecule has 0 unspecified atom stereocenters. The van der Waals surface area contributed by atoms with Gasteiger partial charge in [0.1, 0.15) is 5.03 Å². The molecule has 0 aliphatic rings. The highest BCUT2D eigenvalue weighted by molar-refractivity contribution is 7.99. The summed E-state index contributed by atoms with van der Waals surface area (Å²) in [5.74, 6) is -0.0681. The number of nitrogen functional groups attached to an aromatic ring is 1. The first-order valence-electron chi connectivity index (χ1n) is 5.88. The van der Waals surface area contributed by atoms with Crippen molar-refractivity contribution < 1.29 is 4.79 Å². The molecule has 1 amide bonds. The Bertz CT molecular complexity index is 629. The fraction of sp³-hybridized carbons (Fsp3) is 0.143. The highest BCUT2D eigenvalue weighted by Crippen LogP contribution is 2.31. The highest BCUT2D eigenvalue weighted by Gasteiger charge is 2.15.